The topological polar surface area (TPSA) is 32.5 Å². The SMILES string of the molecule is CC(C)CC(N)CN1CCN(c2ccccc2F)CC1. The van der Waals surface area contributed by atoms with Crippen molar-refractivity contribution in [3.05, 3.63) is 30.1 Å². The lowest BCUT2D eigenvalue weighted by molar-refractivity contribution is 0.233. The summed E-state index contributed by atoms with van der Waals surface area (Å²) in [4.78, 5) is 4.52. The van der Waals surface area contributed by atoms with Crippen molar-refractivity contribution >= 4 is 5.69 Å². The van der Waals surface area contributed by atoms with E-state index in [4.69, 9.17) is 5.73 Å². The van der Waals surface area contributed by atoms with Gasteiger partial charge in [0.05, 0.1) is 5.69 Å². The minimum Gasteiger partial charge on any atom is -0.367 e. The van der Waals surface area contributed by atoms with Crippen molar-refractivity contribution in [1.29, 1.82) is 0 Å². The van der Waals surface area contributed by atoms with E-state index < -0.39 is 0 Å². The number of hydrogen-bond acceptors (Lipinski definition) is 3. The van der Waals surface area contributed by atoms with E-state index >= 15 is 0 Å². The fraction of sp³-hybridized carbons (Fsp3) is 0.625. The van der Waals surface area contributed by atoms with Crippen molar-refractivity contribution in [3.8, 4) is 0 Å². The van der Waals surface area contributed by atoms with Gasteiger partial charge < -0.3 is 10.6 Å². The van der Waals surface area contributed by atoms with Gasteiger partial charge in [-0.05, 0) is 24.5 Å². The molecule has 1 aliphatic heterocycles. The maximum absolute atomic E-state index is 13.7. The molecular weight excluding hydrogens is 253 g/mol. The van der Waals surface area contributed by atoms with Gasteiger partial charge in [0.1, 0.15) is 5.82 Å². The van der Waals surface area contributed by atoms with Crippen LogP contribution in [0.25, 0.3) is 0 Å². The minimum atomic E-state index is -0.127. The summed E-state index contributed by atoms with van der Waals surface area (Å²) in [6, 6.07) is 7.26. The minimum absolute atomic E-state index is 0.127. The monoisotopic (exact) mass is 279 g/mol. The Morgan fingerprint density at radius 1 is 1.15 bits per heavy atom. The van der Waals surface area contributed by atoms with Crippen molar-refractivity contribution in [2.75, 3.05) is 37.6 Å². The van der Waals surface area contributed by atoms with Crippen LogP contribution in [-0.2, 0) is 0 Å². The highest BCUT2D eigenvalue weighted by Gasteiger charge is 2.20. The molecule has 1 aromatic rings. The van der Waals surface area contributed by atoms with E-state index in [1.807, 2.05) is 12.1 Å². The van der Waals surface area contributed by atoms with Crippen LogP contribution in [0.5, 0.6) is 0 Å². The smallest absolute Gasteiger partial charge is 0.146 e. The molecular formula is C16H26FN3. The van der Waals surface area contributed by atoms with E-state index in [9.17, 15) is 4.39 Å². The summed E-state index contributed by atoms with van der Waals surface area (Å²) in [6.45, 7) is 9.01. The molecule has 1 saturated heterocycles. The molecule has 0 spiro atoms. The molecule has 1 fully saturated rings. The Labute approximate surface area is 121 Å². The second-order valence-corrected chi connectivity index (χ2v) is 6.13. The van der Waals surface area contributed by atoms with Crippen LogP contribution in [0.15, 0.2) is 24.3 Å². The number of anilines is 1. The third kappa shape index (κ3) is 4.18. The first-order chi connectivity index (χ1) is 9.56. The Balaban J connectivity index is 1.82. The lowest BCUT2D eigenvalue weighted by atomic mass is 10.0. The zero-order chi connectivity index (χ0) is 14.5. The molecule has 2 rings (SSSR count). The van der Waals surface area contributed by atoms with Crippen molar-refractivity contribution < 1.29 is 4.39 Å². The summed E-state index contributed by atoms with van der Waals surface area (Å²) >= 11 is 0. The van der Waals surface area contributed by atoms with Gasteiger partial charge >= 0.3 is 0 Å². The van der Waals surface area contributed by atoms with Crippen LogP contribution in [0.4, 0.5) is 10.1 Å². The van der Waals surface area contributed by atoms with Gasteiger partial charge in [0.25, 0.3) is 0 Å². The zero-order valence-corrected chi connectivity index (χ0v) is 12.6. The second kappa shape index (κ2) is 7.04. The number of halogens is 1. The molecule has 1 atom stereocenters. The molecule has 3 nitrogen and oxygen atoms in total. The molecule has 4 heteroatoms. The van der Waals surface area contributed by atoms with Crippen molar-refractivity contribution in [1.82, 2.24) is 4.90 Å². The van der Waals surface area contributed by atoms with Crippen LogP contribution in [0, 0.1) is 11.7 Å². The fourth-order valence-electron chi connectivity index (χ4n) is 2.89. The predicted octanol–water partition coefficient (Wildman–Crippen LogP) is 2.32. The number of piperazine rings is 1. The fourth-order valence-corrected chi connectivity index (χ4v) is 2.89. The first-order valence-electron chi connectivity index (χ1n) is 7.53. The van der Waals surface area contributed by atoms with Crippen LogP contribution in [0.2, 0.25) is 0 Å². The number of rotatable bonds is 5. The maximum Gasteiger partial charge on any atom is 0.146 e. The molecule has 2 N–H and O–H groups in total. The Kier molecular flexibility index (Phi) is 5.38. The van der Waals surface area contributed by atoms with Crippen LogP contribution >= 0.6 is 0 Å². The molecule has 20 heavy (non-hydrogen) atoms. The van der Waals surface area contributed by atoms with Gasteiger partial charge in [-0.1, -0.05) is 26.0 Å². The van der Waals surface area contributed by atoms with E-state index in [1.54, 1.807) is 6.07 Å². The quantitative estimate of drug-likeness (QED) is 0.898. The van der Waals surface area contributed by atoms with Crippen LogP contribution in [0.1, 0.15) is 20.3 Å². The molecule has 0 aromatic heterocycles. The van der Waals surface area contributed by atoms with Crippen molar-refractivity contribution in [3.63, 3.8) is 0 Å². The zero-order valence-electron chi connectivity index (χ0n) is 12.6. The van der Waals surface area contributed by atoms with Gasteiger partial charge in [0.2, 0.25) is 0 Å². The standard InChI is InChI=1S/C16H26FN3/c1-13(2)11-14(18)12-19-7-9-20(10-8-19)16-6-4-3-5-15(16)17/h3-6,13-14H,7-12,18H2,1-2H3. The highest BCUT2D eigenvalue weighted by molar-refractivity contribution is 5.47. The molecule has 0 bridgehead atoms. The Bertz CT molecular complexity index is 414. The van der Waals surface area contributed by atoms with Crippen molar-refractivity contribution in [2.45, 2.75) is 26.3 Å². The Morgan fingerprint density at radius 3 is 2.40 bits per heavy atom. The molecule has 0 saturated carbocycles. The van der Waals surface area contributed by atoms with Gasteiger partial charge in [-0.15, -0.1) is 0 Å². The largest absolute Gasteiger partial charge is 0.367 e. The third-order valence-electron chi connectivity index (χ3n) is 3.83. The summed E-state index contributed by atoms with van der Waals surface area (Å²) in [7, 11) is 0. The third-order valence-corrected chi connectivity index (χ3v) is 3.83. The molecule has 0 radical (unpaired) electrons. The molecule has 0 amide bonds. The molecule has 1 unspecified atom stereocenters. The second-order valence-electron chi connectivity index (χ2n) is 6.13. The first-order valence-corrected chi connectivity index (χ1v) is 7.53. The average molecular weight is 279 g/mol. The van der Waals surface area contributed by atoms with Crippen LogP contribution < -0.4 is 10.6 Å². The van der Waals surface area contributed by atoms with Crippen LogP contribution in [0.3, 0.4) is 0 Å². The summed E-state index contributed by atoms with van der Waals surface area (Å²) in [6.07, 6.45) is 1.06. The van der Waals surface area contributed by atoms with E-state index in [2.05, 4.69) is 23.6 Å². The number of hydrogen-bond donors (Lipinski definition) is 1. The molecule has 0 aliphatic carbocycles. The molecule has 1 aliphatic rings. The number of para-hydroxylation sites is 1. The van der Waals surface area contributed by atoms with Crippen LogP contribution in [-0.4, -0.2) is 43.7 Å². The van der Waals surface area contributed by atoms with Gasteiger partial charge in [-0.25, -0.2) is 4.39 Å². The van der Waals surface area contributed by atoms with Gasteiger partial charge in [0, 0.05) is 38.8 Å². The summed E-state index contributed by atoms with van der Waals surface area (Å²) in [5.41, 5.74) is 6.88. The normalized spacial score (nSPS) is 18.6. The van der Waals surface area contributed by atoms with Gasteiger partial charge in [-0.3, -0.25) is 4.90 Å². The van der Waals surface area contributed by atoms with Gasteiger partial charge in [-0.2, -0.15) is 0 Å². The van der Waals surface area contributed by atoms with Crippen molar-refractivity contribution in [2.24, 2.45) is 11.7 Å². The Morgan fingerprint density at radius 2 is 1.80 bits per heavy atom. The number of nitrogens with two attached hydrogens (primary N) is 1. The van der Waals surface area contributed by atoms with E-state index in [0.717, 1.165) is 44.8 Å². The van der Waals surface area contributed by atoms with E-state index in [0.29, 0.717) is 5.92 Å². The predicted molar refractivity (Wildman–Crippen MR) is 82.5 cm³/mol. The maximum atomic E-state index is 13.7. The summed E-state index contributed by atoms with van der Waals surface area (Å²) in [5.74, 6) is 0.516. The number of nitrogens with zero attached hydrogens (tertiary/aromatic N) is 2. The number of benzene rings is 1. The molecule has 1 aromatic carbocycles. The average Bonchev–Trinajstić information content (AvgIpc) is 2.39. The summed E-state index contributed by atoms with van der Waals surface area (Å²) < 4.78 is 13.7. The lowest BCUT2D eigenvalue weighted by Crippen LogP contribution is -2.50. The van der Waals surface area contributed by atoms with E-state index in [1.165, 1.54) is 6.07 Å². The molecule has 1 heterocycles. The summed E-state index contributed by atoms with van der Waals surface area (Å²) in [5, 5.41) is 0. The first kappa shape index (κ1) is 15.3. The lowest BCUT2D eigenvalue weighted by Gasteiger charge is -2.37. The Hall–Kier alpha value is -1.13. The molecule has 112 valence electrons. The highest BCUT2D eigenvalue weighted by atomic mass is 19.1. The van der Waals surface area contributed by atoms with Gasteiger partial charge in [0.15, 0.2) is 0 Å². The van der Waals surface area contributed by atoms with E-state index in [-0.39, 0.29) is 11.9 Å². The highest BCUT2D eigenvalue weighted by Crippen LogP contribution is 2.20.